The van der Waals surface area contributed by atoms with Crippen molar-refractivity contribution in [2.45, 2.75) is 50.5 Å². The average Bonchev–Trinajstić information content (AvgIpc) is 2.37. The molecule has 0 aliphatic heterocycles. The smallest absolute Gasteiger partial charge is 0.285 e. The SMILES string of the molecule is C#CC(C)(C)NC(=O)Sc1ccc(CCCC)cc1. The van der Waals surface area contributed by atoms with Crippen molar-refractivity contribution in [1.82, 2.24) is 5.32 Å². The van der Waals surface area contributed by atoms with E-state index in [0.29, 0.717) is 0 Å². The zero-order valence-corrected chi connectivity index (χ0v) is 12.6. The van der Waals surface area contributed by atoms with Crippen LogP contribution >= 0.6 is 11.8 Å². The van der Waals surface area contributed by atoms with Gasteiger partial charge in [0.25, 0.3) is 5.24 Å². The molecule has 19 heavy (non-hydrogen) atoms. The van der Waals surface area contributed by atoms with Gasteiger partial charge in [0.05, 0.1) is 5.54 Å². The van der Waals surface area contributed by atoms with Crippen molar-refractivity contribution < 1.29 is 4.79 Å². The predicted octanol–water partition coefficient (Wildman–Crippen LogP) is 4.24. The van der Waals surface area contributed by atoms with Crippen molar-refractivity contribution in [3.63, 3.8) is 0 Å². The molecule has 1 N–H and O–H groups in total. The molecule has 1 rings (SSSR count). The van der Waals surface area contributed by atoms with Crippen LogP contribution in [0.1, 0.15) is 39.2 Å². The van der Waals surface area contributed by atoms with Crippen LogP contribution in [0.2, 0.25) is 0 Å². The maximum atomic E-state index is 11.8. The minimum atomic E-state index is -0.606. The van der Waals surface area contributed by atoms with E-state index >= 15 is 0 Å². The van der Waals surface area contributed by atoms with Gasteiger partial charge in [-0.25, -0.2) is 0 Å². The van der Waals surface area contributed by atoms with Crippen LogP contribution in [-0.2, 0) is 6.42 Å². The molecule has 0 saturated heterocycles. The van der Waals surface area contributed by atoms with Gasteiger partial charge < -0.3 is 5.32 Å². The number of rotatable bonds is 5. The summed E-state index contributed by atoms with van der Waals surface area (Å²) >= 11 is 1.17. The molecule has 0 fully saturated rings. The highest BCUT2D eigenvalue weighted by Crippen LogP contribution is 2.20. The molecule has 1 amide bonds. The van der Waals surface area contributed by atoms with Gasteiger partial charge in [-0.05, 0) is 56.1 Å². The Hall–Kier alpha value is -1.40. The van der Waals surface area contributed by atoms with E-state index in [1.165, 1.54) is 30.2 Å². The molecule has 0 bridgehead atoms. The van der Waals surface area contributed by atoms with Crippen molar-refractivity contribution in [2.75, 3.05) is 0 Å². The minimum Gasteiger partial charge on any atom is -0.331 e. The van der Waals surface area contributed by atoms with E-state index in [4.69, 9.17) is 6.42 Å². The van der Waals surface area contributed by atoms with Crippen LogP contribution in [0.15, 0.2) is 29.2 Å². The summed E-state index contributed by atoms with van der Waals surface area (Å²) < 4.78 is 0. The minimum absolute atomic E-state index is 0.121. The van der Waals surface area contributed by atoms with E-state index < -0.39 is 5.54 Å². The number of amides is 1. The summed E-state index contributed by atoms with van der Waals surface area (Å²) in [4.78, 5) is 12.7. The van der Waals surface area contributed by atoms with Gasteiger partial charge in [0.1, 0.15) is 0 Å². The standard InChI is InChI=1S/C16H21NOS/c1-5-7-8-13-9-11-14(12-10-13)19-15(18)17-16(3,4)6-2/h2,9-12H,5,7-8H2,1,3-4H3,(H,17,18). The fourth-order valence-electron chi connectivity index (χ4n) is 1.53. The number of carbonyl (C=O) groups excluding carboxylic acids is 1. The molecule has 0 heterocycles. The topological polar surface area (TPSA) is 29.1 Å². The molecule has 1 aromatic rings. The third kappa shape index (κ3) is 5.85. The molecular formula is C16H21NOS. The Bertz CT molecular complexity index is 457. The fourth-order valence-corrected chi connectivity index (χ4v) is 2.32. The van der Waals surface area contributed by atoms with Gasteiger partial charge in [0, 0.05) is 4.90 Å². The van der Waals surface area contributed by atoms with Crippen LogP contribution in [0, 0.1) is 12.3 Å². The largest absolute Gasteiger partial charge is 0.331 e. The van der Waals surface area contributed by atoms with E-state index in [1.807, 2.05) is 12.1 Å². The van der Waals surface area contributed by atoms with Crippen LogP contribution < -0.4 is 5.32 Å². The summed E-state index contributed by atoms with van der Waals surface area (Å²) in [7, 11) is 0. The summed E-state index contributed by atoms with van der Waals surface area (Å²) in [5, 5.41) is 2.67. The zero-order chi connectivity index (χ0) is 14.3. The highest BCUT2D eigenvalue weighted by molar-refractivity contribution is 8.13. The monoisotopic (exact) mass is 275 g/mol. The van der Waals surface area contributed by atoms with Gasteiger partial charge in [0.15, 0.2) is 0 Å². The van der Waals surface area contributed by atoms with Gasteiger partial charge in [-0.2, -0.15) is 0 Å². The van der Waals surface area contributed by atoms with Crippen molar-refractivity contribution >= 4 is 17.0 Å². The molecule has 2 nitrogen and oxygen atoms in total. The van der Waals surface area contributed by atoms with Crippen LogP contribution in [0.3, 0.4) is 0 Å². The summed E-state index contributed by atoms with van der Waals surface area (Å²) in [6.45, 7) is 5.79. The molecular weight excluding hydrogens is 254 g/mol. The van der Waals surface area contributed by atoms with Gasteiger partial charge in [-0.3, -0.25) is 4.79 Å². The number of unbranched alkanes of at least 4 members (excludes halogenated alkanes) is 1. The Morgan fingerprint density at radius 1 is 1.37 bits per heavy atom. The molecule has 0 aliphatic rings. The Morgan fingerprint density at radius 2 is 2.00 bits per heavy atom. The highest BCUT2D eigenvalue weighted by atomic mass is 32.2. The van der Waals surface area contributed by atoms with Gasteiger partial charge in [-0.1, -0.05) is 31.4 Å². The Labute approximate surface area is 120 Å². The predicted molar refractivity (Wildman–Crippen MR) is 82.4 cm³/mol. The number of hydrogen-bond acceptors (Lipinski definition) is 2. The van der Waals surface area contributed by atoms with Crippen molar-refractivity contribution in [2.24, 2.45) is 0 Å². The Kier molecular flexibility index (Phi) is 5.98. The van der Waals surface area contributed by atoms with Crippen LogP contribution in [-0.4, -0.2) is 10.8 Å². The third-order valence-corrected chi connectivity index (χ3v) is 3.52. The first kappa shape index (κ1) is 15.7. The molecule has 0 saturated carbocycles. The molecule has 102 valence electrons. The quantitative estimate of drug-likeness (QED) is 0.643. The van der Waals surface area contributed by atoms with E-state index in [1.54, 1.807) is 13.8 Å². The summed E-state index contributed by atoms with van der Waals surface area (Å²) in [6.07, 6.45) is 8.83. The third-order valence-electron chi connectivity index (χ3n) is 2.73. The normalized spacial score (nSPS) is 10.8. The van der Waals surface area contributed by atoms with E-state index in [0.717, 1.165) is 11.3 Å². The number of thioether (sulfide) groups is 1. The molecule has 0 atom stereocenters. The van der Waals surface area contributed by atoms with E-state index in [2.05, 4.69) is 30.3 Å². The zero-order valence-electron chi connectivity index (χ0n) is 11.8. The maximum Gasteiger partial charge on any atom is 0.285 e. The first-order valence-corrected chi connectivity index (χ1v) is 7.35. The van der Waals surface area contributed by atoms with Gasteiger partial charge in [0.2, 0.25) is 0 Å². The highest BCUT2D eigenvalue weighted by Gasteiger charge is 2.17. The second-order valence-corrected chi connectivity index (χ2v) is 6.08. The molecule has 3 heteroatoms. The molecule has 0 aliphatic carbocycles. The first-order chi connectivity index (χ1) is 8.96. The second kappa shape index (κ2) is 7.25. The lowest BCUT2D eigenvalue weighted by Gasteiger charge is -2.18. The summed E-state index contributed by atoms with van der Waals surface area (Å²) in [5.41, 5.74) is 0.709. The van der Waals surface area contributed by atoms with Crippen molar-refractivity contribution in [3.05, 3.63) is 29.8 Å². The number of terminal acetylenes is 1. The van der Waals surface area contributed by atoms with Gasteiger partial charge in [-0.15, -0.1) is 6.42 Å². The Morgan fingerprint density at radius 3 is 2.53 bits per heavy atom. The number of benzene rings is 1. The summed E-state index contributed by atoms with van der Waals surface area (Å²) in [6, 6.07) is 8.13. The molecule has 0 spiro atoms. The van der Waals surface area contributed by atoms with Crippen LogP contribution in [0.4, 0.5) is 4.79 Å². The lowest BCUT2D eigenvalue weighted by atomic mass is 10.1. The summed E-state index contributed by atoms with van der Waals surface area (Å²) in [5.74, 6) is 2.54. The number of carbonyl (C=O) groups is 1. The molecule has 0 aromatic heterocycles. The second-order valence-electron chi connectivity index (χ2n) is 5.03. The lowest BCUT2D eigenvalue weighted by molar-refractivity contribution is 0.256. The van der Waals surface area contributed by atoms with E-state index in [9.17, 15) is 4.79 Å². The lowest BCUT2D eigenvalue weighted by Crippen LogP contribution is -2.39. The average molecular weight is 275 g/mol. The Balaban J connectivity index is 2.54. The number of aryl methyl sites for hydroxylation is 1. The molecule has 1 aromatic carbocycles. The van der Waals surface area contributed by atoms with Crippen LogP contribution in [0.25, 0.3) is 0 Å². The fraction of sp³-hybridized carbons (Fsp3) is 0.438. The van der Waals surface area contributed by atoms with Crippen LogP contribution in [0.5, 0.6) is 0 Å². The van der Waals surface area contributed by atoms with Crippen molar-refractivity contribution in [3.8, 4) is 12.3 Å². The van der Waals surface area contributed by atoms with E-state index in [-0.39, 0.29) is 5.24 Å². The number of nitrogens with one attached hydrogen (secondary N) is 1. The molecule has 0 radical (unpaired) electrons. The van der Waals surface area contributed by atoms with Gasteiger partial charge >= 0.3 is 0 Å². The maximum absolute atomic E-state index is 11.8. The number of hydrogen-bond donors (Lipinski definition) is 1. The first-order valence-electron chi connectivity index (χ1n) is 6.53. The van der Waals surface area contributed by atoms with Crippen molar-refractivity contribution in [1.29, 1.82) is 0 Å². The molecule has 0 unspecified atom stereocenters.